The van der Waals surface area contributed by atoms with E-state index in [0.29, 0.717) is 6.42 Å². The number of halogens is 5. The predicted molar refractivity (Wildman–Crippen MR) is 124 cm³/mol. The first-order chi connectivity index (χ1) is 17.3. The van der Waals surface area contributed by atoms with Gasteiger partial charge in [0.25, 0.3) is 0 Å². The van der Waals surface area contributed by atoms with E-state index in [4.69, 9.17) is 4.74 Å². The van der Waals surface area contributed by atoms with Gasteiger partial charge in [0.1, 0.15) is 0 Å². The van der Waals surface area contributed by atoms with Gasteiger partial charge in [0.15, 0.2) is 0 Å². The Morgan fingerprint density at radius 2 is 1.03 bits per heavy atom. The van der Waals surface area contributed by atoms with Crippen LogP contribution in [0.25, 0.3) is 0 Å². The van der Waals surface area contributed by atoms with Crippen LogP contribution in [-0.2, 0) is 4.74 Å². The minimum absolute atomic E-state index is 0.108. The highest BCUT2D eigenvalue weighted by atomic mass is 19.2. The number of hydrogen-bond acceptors (Lipinski definition) is 4. The molecule has 0 aromatic heterocycles. The Kier molecular flexibility index (Phi) is 12.4. The lowest BCUT2D eigenvalue weighted by atomic mass is 10.1. The maximum absolute atomic E-state index is 13.8. The SMILES string of the molecule is CCCCCCCCCCCCCOC(=O)c1ccccc1C(=O)Oc1c(F)c(F)c(F)c(F)c1F. The van der Waals surface area contributed by atoms with Crippen molar-refractivity contribution in [3.63, 3.8) is 0 Å². The van der Waals surface area contributed by atoms with E-state index in [0.717, 1.165) is 25.3 Å². The molecule has 0 fully saturated rings. The smallest absolute Gasteiger partial charge is 0.344 e. The molecule has 0 N–H and O–H groups in total. The number of carbonyl (C=O) groups excluding carboxylic acids is 2. The van der Waals surface area contributed by atoms with E-state index in [-0.39, 0.29) is 12.2 Å². The van der Waals surface area contributed by atoms with Crippen LogP contribution in [0.2, 0.25) is 0 Å². The van der Waals surface area contributed by atoms with Gasteiger partial charge in [-0.3, -0.25) is 0 Å². The molecule has 0 heterocycles. The summed E-state index contributed by atoms with van der Waals surface area (Å²) in [6, 6.07) is 5.12. The molecule has 9 heteroatoms. The molecule has 0 saturated carbocycles. The largest absolute Gasteiger partial charge is 0.462 e. The molecule has 4 nitrogen and oxygen atoms in total. The second kappa shape index (κ2) is 15.2. The van der Waals surface area contributed by atoms with Crippen molar-refractivity contribution in [2.75, 3.05) is 6.61 Å². The van der Waals surface area contributed by atoms with Gasteiger partial charge in [-0.2, -0.15) is 8.78 Å². The van der Waals surface area contributed by atoms with Crippen molar-refractivity contribution in [3.8, 4) is 5.75 Å². The van der Waals surface area contributed by atoms with Crippen LogP contribution in [0.15, 0.2) is 24.3 Å². The van der Waals surface area contributed by atoms with Crippen LogP contribution < -0.4 is 4.74 Å². The molecular formula is C27H31F5O4. The van der Waals surface area contributed by atoms with Crippen molar-refractivity contribution in [3.05, 3.63) is 64.5 Å². The Morgan fingerprint density at radius 1 is 0.611 bits per heavy atom. The first-order valence-corrected chi connectivity index (χ1v) is 12.3. The topological polar surface area (TPSA) is 52.6 Å². The zero-order chi connectivity index (χ0) is 26.5. The summed E-state index contributed by atoms with van der Waals surface area (Å²) in [5, 5.41) is 0. The van der Waals surface area contributed by atoms with Gasteiger partial charge in [-0.1, -0.05) is 83.3 Å². The Bertz CT molecular complexity index is 996. The second-order valence-electron chi connectivity index (χ2n) is 8.51. The number of esters is 2. The second-order valence-corrected chi connectivity index (χ2v) is 8.51. The molecule has 0 aliphatic carbocycles. The average Bonchev–Trinajstić information content (AvgIpc) is 2.89. The maximum Gasteiger partial charge on any atom is 0.344 e. The zero-order valence-electron chi connectivity index (χ0n) is 20.3. The van der Waals surface area contributed by atoms with E-state index in [9.17, 15) is 31.5 Å². The number of ether oxygens (including phenoxy) is 2. The lowest BCUT2D eigenvalue weighted by Crippen LogP contribution is -2.18. The van der Waals surface area contributed by atoms with Crippen LogP contribution in [0.1, 0.15) is 98.3 Å². The van der Waals surface area contributed by atoms with Crippen LogP contribution in [0.3, 0.4) is 0 Å². The number of rotatable bonds is 15. The van der Waals surface area contributed by atoms with E-state index >= 15 is 0 Å². The van der Waals surface area contributed by atoms with Crippen LogP contribution in [0, 0.1) is 29.1 Å². The van der Waals surface area contributed by atoms with Gasteiger partial charge in [0, 0.05) is 0 Å². The molecule has 0 spiro atoms. The van der Waals surface area contributed by atoms with Gasteiger partial charge in [-0.15, -0.1) is 0 Å². The van der Waals surface area contributed by atoms with Crippen LogP contribution in [0.4, 0.5) is 22.0 Å². The van der Waals surface area contributed by atoms with E-state index in [1.807, 2.05) is 0 Å². The fourth-order valence-corrected chi connectivity index (χ4v) is 3.67. The Balaban J connectivity index is 1.84. The number of benzene rings is 2. The summed E-state index contributed by atoms with van der Waals surface area (Å²) in [7, 11) is 0. The standard InChI is InChI=1S/C27H31F5O4/c1-2-3-4-5-6-7-8-9-10-11-14-17-35-26(33)18-15-12-13-16-19(18)27(34)36-25-23(31)21(29)20(28)22(30)24(25)32/h12-13,15-16H,2-11,14,17H2,1H3. The van der Waals surface area contributed by atoms with Gasteiger partial charge in [-0.25, -0.2) is 22.8 Å². The van der Waals surface area contributed by atoms with E-state index in [1.54, 1.807) is 0 Å². The zero-order valence-corrected chi connectivity index (χ0v) is 20.3. The van der Waals surface area contributed by atoms with Crippen molar-refractivity contribution in [1.82, 2.24) is 0 Å². The lowest BCUT2D eigenvalue weighted by Gasteiger charge is -2.11. The summed E-state index contributed by atoms with van der Waals surface area (Å²) >= 11 is 0. The lowest BCUT2D eigenvalue weighted by molar-refractivity contribution is 0.0489. The summed E-state index contributed by atoms with van der Waals surface area (Å²) in [5.74, 6) is -15.6. The number of unbranched alkanes of at least 4 members (excludes halogenated alkanes) is 10. The fourth-order valence-electron chi connectivity index (χ4n) is 3.67. The number of carbonyl (C=O) groups is 2. The van der Waals surface area contributed by atoms with Crippen molar-refractivity contribution in [2.24, 2.45) is 0 Å². The Morgan fingerprint density at radius 3 is 1.53 bits per heavy atom. The third-order valence-corrected chi connectivity index (χ3v) is 5.71. The van der Waals surface area contributed by atoms with E-state index < -0.39 is 52.3 Å². The van der Waals surface area contributed by atoms with Crippen LogP contribution >= 0.6 is 0 Å². The monoisotopic (exact) mass is 514 g/mol. The summed E-state index contributed by atoms with van der Waals surface area (Å²) in [4.78, 5) is 24.9. The molecule has 2 rings (SSSR count). The van der Waals surface area contributed by atoms with Gasteiger partial charge >= 0.3 is 11.9 Å². The highest BCUT2D eigenvalue weighted by molar-refractivity contribution is 6.03. The molecule has 2 aromatic rings. The van der Waals surface area contributed by atoms with Gasteiger partial charge < -0.3 is 9.47 Å². The normalized spacial score (nSPS) is 10.9. The molecule has 36 heavy (non-hydrogen) atoms. The van der Waals surface area contributed by atoms with Gasteiger partial charge in [-0.05, 0) is 18.6 Å². The summed E-state index contributed by atoms with van der Waals surface area (Å²) in [5.41, 5.74) is -0.695. The molecule has 0 aliphatic rings. The van der Waals surface area contributed by atoms with Crippen molar-refractivity contribution in [2.45, 2.75) is 77.6 Å². The molecular weight excluding hydrogens is 483 g/mol. The summed E-state index contributed by atoms with van der Waals surface area (Å²) in [6.45, 7) is 2.30. The number of hydrogen-bond donors (Lipinski definition) is 0. The average molecular weight is 515 g/mol. The molecule has 0 aliphatic heterocycles. The van der Waals surface area contributed by atoms with E-state index in [2.05, 4.69) is 11.7 Å². The molecule has 0 unspecified atom stereocenters. The quantitative estimate of drug-likeness (QED) is 0.0602. The predicted octanol–water partition coefficient (Wildman–Crippen LogP) is 8.07. The molecule has 0 radical (unpaired) electrons. The fraction of sp³-hybridized carbons (Fsp3) is 0.481. The van der Waals surface area contributed by atoms with Crippen molar-refractivity contribution < 1.29 is 41.0 Å². The van der Waals surface area contributed by atoms with Gasteiger partial charge in [0.05, 0.1) is 17.7 Å². The van der Waals surface area contributed by atoms with Crippen molar-refractivity contribution in [1.29, 1.82) is 0 Å². The molecule has 198 valence electrons. The van der Waals surface area contributed by atoms with Crippen molar-refractivity contribution >= 4 is 11.9 Å². The molecule has 2 aromatic carbocycles. The van der Waals surface area contributed by atoms with E-state index in [1.165, 1.54) is 63.1 Å². The highest BCUT2D eigenvalue weighted by Crippen LogP contribution is 2.30. The maximum atomic E-state index is 13.8. The first-order valence-electron chi connectivity index (χ1n) is 12.3. The highest BCUT2D eigenvalue weighted by Gasteiger charge is 2.30. The Hall–Kier alpha value is -2.97. The van der Waals surface area contributed by atoms with Gasteiger partial charge in [0.2, 0.25) is 34.8 Å². The van der Waals surface area contributed by atoms with Crippen LogP contribution in [0.5, 0.6) is 5.75 Å². The minimum Gasteiger partial charge on any atom is -0.462 e. The molecule has 0 amide bonds. The third kappa shape index (κ3) is 8.31. The molecule has 0 atom stereocenters. The first kappa shape index (κ1) is 29.3. The minimum atomic E-state index is -2.38. The summed E-state index contributed by atoms with van der Waals surface area (Å²) in [6.07, 6.45) is 12.3. The molecule has 0 saturated heterocycles. The summed E-state index contributed by atoms with van der Waals surface area (Å²) < 4.78 is 77.3. The van der Waals surface area contributed by atoms with Crippen LogP contribution in [-0.4, -0.2) is 18.5 Å². The Labute approximate surface area is 207 Å². The molecule has 0 bridgehead atoms. The third-order valence-electron chi connectivity index (χ3n) is 5.71.